The highest BCUT2D eigenvalue weighted by atomic mass is 16.5. The van der Waals surface area contributed by atoms with Gasteiger partial charge in [-0.1, -0.05) is 44.6 Å². The van der Waals surface area contributed by atoms with Gasteiger partial charge in [0.2, 0.25) is 0 Å². The van der Waals surface area contributed by atoms with Crippen LogP contribution < -0.4 is 0 Å². The highest BCUT2D eigenvalue weighted by Crippen LogP contribution is 2.12. The summed E-state index contributed by atoms with van der Waals surface area (Å²) in [7, 11) is 0. The van der Waals surface area contributed by atoms with Crippen LogP contribution in [0.3, 0.4) is 0 Å². The number of carbonyl (C=O) groups excluding carboxylic acids is 3. The van der Waals surface area contributed by atoms with Gasteiger partial charge in [0, 0.05) is 12.2 Å². The maximum Gasteiger partial charge on any atom is 0.262 e. The Hall–Kier alpha value is -1.79. The zero-order valence-corrected chi connectivity index (χ0v) is 17.4. The second-order valence-electron chi connectivity index (χ2n) is 7.35. The highest BCUT2D eigenvalue weighted by molar-refractivity contribution is 6.22. The van der Waals surface area contributed by atoms with Crippen LogP contribution in [-0.4, -0.2) is 48.0 Å². The number of hydrogen-bond acceptors (Lipinski definition) is 5. The van der Waals surface area contributed by atoms with Gasteiger partial charge in [-0.3, -0.25) is 14.4 Å². The molecule has 0 N–H and O–H groups in total. The molecule has 0 aromatic heterocycles. The van der Waals surface area contributed by atoms with Crippen LogP contribution in [0.25, 0.3) is 0 Å². The summed E-state index contributed by atoms with van der Waals surface area (Å²) in [5.74, 6) is -1.88. The first-order chi connectivity index (χ1) is 13.5. The molecule has 0 fully saturated rings. The van der Waals surface area contributed by atoms with Gasteiger partial charge in [0.25, 0.3) is 17.7 Å². The zero-order valence-electron chi connectivity index (χ0n) is 17.4. The molecule has 0 aliphatic carbocycles. The molecule has 0 aromatic carbocycles. The summed E-state index contributed by atoms with van der Waals surface area (Å²) >= 11 is 0. The monoisotopic (exact) mass is 393 g/mol. The fourth-order valence-electron chi connectivity index (χ4n) is 2.96. The standard InChI is InChI=1S/C22H35NO5/c1-4-5-6-7-8-9-10-11-12-13-18(2)27-16-19(3)28-17-22(26)23-20(24)14-15-21(23)25/h4,14-15,18-19H,1,5-13,16-17H2,2-3H3. The lowest BCUT2D eigenvalue weighted by Crippen LogP contribution is -2.39. The average Bonchev–Trinajstić information content (AvgIpc) is 3.01. The molecule has 1 heterocycles. The van der Waals surface area contributed by atoms with Crippen molar-refractivity contribution in [1.29, 1.82) is 0 Å². The topological polar surface area (TPSA) is 72.9 Å². The molecule has 2 atom stereocenters. The lowest BCUT2D eigenvalue weighted by molar-refractivity contribution is -0.152. The quantitative estimate of drug-likeness (QED) is 0.226. The summed E-state index contributed by atoms with van der Waals surface area (Å²) in [4.78, 5) is 35.3. The van der Waals surface area contributed by atoms with Gasteiger partial charge in [-0.2, -0.15) is 0 Å². The molecule has 3 amide bonds. The summed E-state index contributed by atoms with van der Waals surface area (Å²) in [6.07, 6.45) is 14.9. The molecule has 0 saturated carbocycles. The molecule has 0 radical (unpaired) electrons. The zero-order chi connectivity index (χ0) is 20.8. The molecule has 6 heteroatoms. The summed E-state index contributed by atoms with van der Waals surface area (Å²) in [5.41, 5.74) is 0. The summed E-state index contributed by atoms with van der Waals surface area (Å²) in [5, 5.41) is 0. The Morgan fingerprint density at radius 2 is 1.54 bits per heavy atom. The van der Waals surface area contributed by atoms with Crippen LogP contribution in [0.5, 0.6) is 0 Å². The van der Waals surface area contributed by atoms with Gasteiger partial charge in [0.1, 0.15) is 6.61 Å². The third kappa shape index (κ3) is 9.95. The van der Waals surface area contributed by atoms with Crippen LogP contribution in [0, 0.1) is 0 Å². The number of ether oxygens (including phenoxy) is 2. The molecular formula is C22H35NO5. The van der Waals surface area contributed by atoms with Crippen LogP contribution in [0.4, 0.5) is 0 Å². The van der Waals surface area contributed by atoms with Crippen molar-refractivity contribution in [1.82, 2.24) is 4.90 Å². The van der Waals surface area contributed by atoms with Crippen LogP contribution in [0.15, 0.2) is 24.8 Å². The van der Waals surface area contributed by atoms with Gasteiger partial charge >= 0.3 is 0 Å². The van der Waals surface area contributed by atoms with Gasteiger partial charge in [-0.15, -0.1) is 6.58 Å². The van der Waals surface area contributed by atoms with Crippen molar-refractivity contribution in [2.45, 2.75) is 83.8 Å². The fourth-order valence-corrected chi connectivity index (χ4v) is 2.96. The Labute approximate surface area is 168 Å². The smallest absolute Gasteiger partial charge is 0.262 e. The summed E-state index contributed by atoms with van der Waals surface area (Å²) < 4.78 is 11.2. The maximum absolute atomic E-state index is 11.9. The Bertz CT molecular complexity index is 525. The van der Waals surface area contributed by atoms with Crippen LogP contribution >= 0.6 is 0 Å². The lowest BCUT2D eigenvalue weighted by Gasteiger charge is -2.18. The van der Waals surface area contributed by atoms with Gasteiger partial charge < -0.3 is 9.47 Å². The van der Waals surface area contributed by atoms with E-state index in [1.807, 2.05) is 13.0 Å². The van der Waals surface area contributed by atoms with Gasteiger partial charge in [-0.05, 0) is 33.1 Å². The fraction of sp³-hybridized carbons (Fsp3) is 0.682. The van der Waals surface area contributed by atoms with Crippen molar-refractivity contribution in [3.63, 3.8) is 0 Å². The number of nitrogens with zero attached hydrogens (tertiary/aromatic N) is 1. The van der Waals surface area contributed by atoms with Crippen LogP contribution in [0.1, 0.15) is 71.6 Å². The lowest BCUT2D eigenvalue weighted by atomic mass is 10.1. The number of amides is 3. The minimum absolute atomic E-state index is 0.139. The molecule has 6 nitrogen and oxygen atoms in total. The number of imide groups is 3. The second kappa shape index (κ2) is 14.2. The van der Waals surface area contributed by atoms with Crippen molar-refractivity contribution in [3.05, 3.63) is 24.8 Å². The van der Waals surface area contributed by atoms with Crippen LogP contribution in [-0.2, 0) is 23.9 Å². The van der Waals surface area contributed by atoms with Gasteiger partial charge in [0.05, 0.1) is 18.8 Å². The SMILES string of the molecule is C=CCCCCCCCCCC(C)OCC(C)OCC(=O)N1C(=O)C=CC1=O. The van der Waals surface area contributed by atoms with E-state index in [0.717, 1.165) is 31.4 Å². The maximum atomic E-state index is 11.9. The van der Waals surface area contributed by atoms with Crippen molar-refractivity contribution in [2.75, 3.05) is 13.2 Å². The number of unbranched alkanes of at least 4 members (excludes halogenated alkanes) is 7. The van der Waals surface area contributed by atoms with E-state index in [1.165, 1.54) is 38.5 Å². The van der Waals surface area contributed by atoms with Gasteiger partial charge in [-0.25, -0.2) is 4.90 Å². The largest absolute Gasteiger partial charge is 0.376 e. The highest BCUT2D eigenvalue weighted by Gasteiger charge is 2.30. The predicted octanol–water partition coefficient (Wildman–Crippen LogP) is 3.95. The number of rotatable bonds is 16. The Morgan fingerprint density at radius 3 is 2.14 bits per heavy atom. The third-order valence-corrected chi connectivity index (χ3v) is 4.68. The molecule has 1 aliphatic rings. The molecule has 0 saturated heterocycles. The first-order valence-corrected chi connectivity index (χ1v) is 10.4. The van der Waals surface area contributed by atoms with E-state index in [9.17, 15) is 14.4 Å². The summed E-state index contributed by atoms with van der Waals surface area (Å²) in [6.45, 7) is 7.64. The Kier molecular flexibility index (Phi) is 12.3. The predicted molar refractivity (Wildman–Crippen MR) is 109 cm³/mol. The molecule has 158 valence electrons. The van der Waals surface area contributed by atoms with E-state index in [4.69, 9.17) is 9.47 Å². The van der Waals surface area contributed by atoms with E-state index < -0.39 is 17.7 Å². The first-order valence-electron chi connectivity index (χ1n) is 10.4. The normalized spacial score (nSPS) is 15.9. The third-order valence-electron chi connectivity index (χ3n) is 4.68. The first kappa shape index (κ1) is 24.2. The van der Waals surface area contributed by atoms with Crippen molar-refractivity contribution in [2.24, 2.45) is 0 Å². The molecule has 28 heavy (non-hydrogen) atoms. The molecule has 1 aliphatic heterocycles. The van der Waals surface area contributed by atoms with E-state index >= 15 is 0 Å². The van der Waals surface area contributed by atoms with Gasteiger partial charge in [0.15, 0.2) is 0 Å². The van der Waals surface area contributed by atoms with E-state index in [0.29, 0.717) is 11.5 Å². The molecule has 2 unspecified atom stereocenters. The van der Waals surface area contributed by atoms with Crippen molar-refractivity contribution >= 4 is 17.7 Å². The Morgan fingerprint density at radius 1 is 0.964 bits per heavy atom. The van der Waals surface area contributed by atoms with E-state index in [1.54, 1.807) is 6.92 Å². The number of allylic oxidation sites excluding steroid dienone is 1. The number of hydrogen-bond donors (Lipinski definition) is 0. The Balaban J connectivity index is 2.01. The average molecular weight is 394 g/mol. The van der Waals surface area contributed by atoms with Crippen molar-refractivity contribution < 1.29 is 23.9 Å². The molecule has 0 bridgehead atoms. The second-order valence-corrected chi connectivity index (χ2v) is 7.35. The molecule has 0 spiro atoms. The van der Waals surface area contributed by atoms with Crippen molar-refractivity contribution in [3.8, 4) is 0 Å². The molecule has 0 aromatic rings. The molecular weight excluding hydrogens is 358 g/mol. The minimum atomic E-state index is -0.649. The number of carbonyl (C=O) groups is 3. The van der Waals surface area contributed by atoms with Crippen LogP contribution in [0.2, 0.25) is 0 Å². The summed E-state index contributed by atoms with van der Waals surface area (Å²) in [6, 6.07) is 0. The van der Waals surface area contributed by atoms with E-state index in [2.05, 4.69) is 6.58 Å². The minimum Gasteiger partial charge on any atom is -0.376 e. The van der Waals surface area contributed by atoms with E-state index in [-0.39, 0.29) is 18.8 Å². The molecule has 1 rings (SSSR count).